The van der Waals surface area contributed by atoms with E-state index in [2.05, 4.69) is 21.2 Å². The highest BCUT2D eigenvalue weighted by molar-refractivity contribution is 9.10. The Hall–Kier alpha value is -0.810. The van der Waals surface area contributed by atoms with Gasteiger partial charge < -0.3 is 15.8 Å². The van der Waals surface area contributed by atoms with Crippen LogP contribution in [0.3, 0.4) is 0 Å². The molecule has 1 aliphatic heterocycles. The maximum atomic E-state index is 13.7. The highest BCUT2D eigenvalue weighted by Crippen LogP contribution is 2.29. The number of nitrogens with two attached hydrogens (primary N) is 1. The third kappa shape index (κ3) is 3.10. The van der Waals surface area contributed by atoms with Crippen molar-refractivity contribution in [3.8, 4) is 0 Å². The molecule has 5 heteroatoms. The Balaban J connectivity index is 2.08. The minimum Gasteiger partial charge on any atom is -0.397 e. The maximum Gasteiger partial charge on any atom is 0.149 e. The van der Waals surface area contributed by atoms with Crippen LogP contribution in [0.15, 0.2) is 16.6 Å². The van der Waals surface area contributed by atoms with Crippen LogP contribution in [-0.4, -0.2) is 18.8 Å². The number of hydrogen-bond donors (Lipinski definition) is 2. The molecule has 3 nitrogen and oxygen atoms in total. The number of hydrogen-bond acceptors (Lipinski definition) is 3. The molecule has 94 valence electrons. The largest absolute Gasteiger partial charge is 0.397 e. The molecule has 1 heterocycles. The third-order valence-electron chi connectivity index (χ3n) is 2.94. The number of nitrogens with one attached hydrogen (secondary N) is 1. The van der Waals surface area contributed by atoms with Crippen molar-refractivity contribution in [2.45, 2.75) is 31.9 Å². The highest BCUT2D eigenvalue weighted by Gasteiger charge is 2.20. The Bertz CT molecular complexity index is 382. The molecular formula is C12H16BrFN2O. The maximum absolute atomic E-state index is 13.7. The molecule has 0 aromatic heterocycles. The highest BCUT2D eigenvalue weighted by atomic mass is 79.9. The average molecular weight is 303 g/mol. The second-order valence-electron chi connectivity index (χ2n) is 4.41. The van der Waals surface area contributed by atoms with Gasteiger partial charge in [-0.15, -0.1) is 0 Å². The topological polar surface area (TPSA) is 47.3 Å². The summed E-state index contributed by atoms with van der Waals surface area (Å²) >= 11 is 3.21. The van der Waals surface area contributed by atoms with Gasteiger partial charge in [-0.25, -0.2) is 4.39 Å². The van der Waals surface area contributed by atoms with E-state index in [0.717, 1.165) is 12.8 Å². The Labute approximate surface area is 109 Å². The summed E-state index contributed by atoms with van der Waals surface area (Å²) in [6.07, 6.45) is 2.24. The van der Waals surface area contributed by atoms with E-state index < -0.39 is 0 Å². The van der Waals surface area contributed by atoms with Crippen molar-refractivity contribution in [3.05, 3.63) is 22.4 Å². The van der Waals surface area contributed by atoms with Gasteiger partial charge in [0.1, 0.15) is 5.82 Å². The summed E-state index contributed by atoms with van der Waals surface area (Å²) in [5.74, 6) is -0.338. The zero-order chi connectivity index (χ0) is 12.4. The summed E-state index contributed by atoms with van der Waals surface area (Å²) in [6, 6.07) is 3.23. The molecule has 0 aliphatic carbocycles. The average Bonchev–Trinajstić information content (AvgIpc) is 2.26. The van der Waals surface area contributed by atoms with Gasteiger partial charge in [-0.05, 0) is 31.9 Å². The fraction of sp³-hybridized carbons (Fsp3) is 0.500. The number of rotatable bonds is 2. The Morgan fingerprint density at radius 3 is 2.82 bits per heavy atom. The minimum absolute atomic E-state index is 0.129. The van der Waals surface area contributed by atoms with Crippen LogP contribution in [0.25, 0.3) is 0 Å². The van der Waals surface area contributed by atoms with Crippen LogP contribution in [0, 0.1) is 5.82 Å². The van der Waals surface area contributed by atoms with Crippen LogP contribution in [0.5, 0.6) is 0 Å². The SMILES string of the molecule is C[C@@H]1CCC(Nc2c(N)cc(Br)cc2F)CO1. The summed E-state index contributed by atoms with van der Waals surface area (Å²) in [5, 5.41) is 3.12. The van der Waals surface area contributed by atoms with Gasteiger partial charge in [0.2, 0.25) is 0 Å². The Kier molecular flexibility index (Phi) is 3.89. The molecular weight excluding hydrogens is 287 g/mol. The second kappa shape index (κ2) is 5.23. The summed E-state index contributed by atoms with van der Waals surface area (Å²) < 4.78 is 19.9. The summed E-state index contributed by atoms with van der Waals surface area (Å²) in [5.41, 5.74) is 6.58. The number of ether oxygens (including phenoxy) is 1. The minimum atomic E-state index is -0.338. The summed E-state index contributed by atoms with van der Waals surface area (Å²) in [6.45, 7) is 2.64. The lowest BCUT2D eigenvalue weighted by atomic mass is 10.1. The van der Waals surface area contributed by atoms with Crippen LogP contribution in [-0.2, 0) is 4.74 Å². The van der Waals surface area contributed by atoms with Crippen molar-refractivity contribution < 1.29 is 9.13 Å². The van der Waals surface area contributed by atoms with E-state index >= 15 is 0 Å². The molecule has 1 saturated heterocycles. The van der Waals surface area contributed by atoms with Gasteiger partial charge in [0.25, 0.3) is 0 Å². The van der Waals surface area contributed by atoms with Gasteiger partial charge in [0.15, 0.2) is 0 Å². The van der Waals surface area contributed by atoms with Crippen LogP contribution >= 0.6 is 15.9 Å². The van der Waals surface area contributed by atoms with Gasteiger partial charge in [-0.3, -0.25) is 0 Å². The van der Waals surface area contributed by atoms with E-state index in [-0.39, 0.29) is 11.9 Å². The molecule has 3 N–H and O–H groups in total. The zero-order valence-electron chi connectivity index (χ0n) is 9.67. The first-order valence-corrected chi connectivity index (χ1v) is 6.48. The lowest BCUT2D eigenvalue weighted by molar-refractivity contribution is 0.0214. The molecule has 2 rings (SSSR count). The first-order valence-electron chi connectivity index (χ1n) is 5.69. The van der Waals surface area contributed by atoms with Crippen molar-refractivity contribution in [3.63, 3.8) is 0 Å². The van der Waals surface area contributed by atoms with Crippen LogP contribution in [0.1, 0.15) is 19.8 Å². The molecule has 17 heavy (non-hydrogen) atoms. The molecule has 0 amide bonds. The molecule has 0 radical (unpaired) electrons. The lowest BCUT2D eigenvalue weighted by Gasteiger charge is -2.28. The van der Waals surface area contributed by atoms with Gasteiger partial charge in [0, 0.05) is 10.5 Å². The lowest BCUT2D eigenvalue weighted by Crippen LogP contribution is -2.34. The van der Waals surface area contributed by atoms with Crippen LogP contribution in [0.2, 0.25) is 0 Å². The zero-order valence-corrected chi connectivity index (χ0v) is 11.3. The number of benzene rings is 1. The van der Waals surface area contributed by atoms with Gasteiger partial charge in [0.05, 0.1) is 24.1 Å². The molecule has 0 bridgehead atoms. The first-order chi connectivity index (χ1) is 8.06. The molecule has 0 spiro atoms. The molecule has 1 aliphatic rings. The summed E-state index contributed by atoms with van der Waals surface area (Å²) in [7, 11) is 0. The predicted octanol–water partition coefficient (Wildman–Crippen LogP) is 3.15. The quantitative estimate of drug-likeness (QED) is 0.825. The van der Waals surface area contributed by atoms with Crippen molar-refractivity contribution in [2.75, 3.05) is 17.7 Å². The third-order valence-corrected chi connectivity index (χ3v) is 3.40. The molecule has 0 saturated carbocycles. The van der Waals surface area contributed by atoms with Gasteiger partial charge >= 0.3 is 0 Å². The molecule has 1 fully saturated rings. The van der Waals surface area contributed by atoms with E-state index in [9.17, 15) is 4.39 Å². The molecule has 1 aromatic rings. The van der Waals surface area contributed by atoms with Crippen molar-refractivity contribution in [2.24, 2.45) is 0 Å². The standard InChI is InChI=1S/C12H16BrFN2O/c1-7-2-3-9(6-17-7)16-12-10(14)4-8(13)5-11(12)15/h4-5,7,9,16H,2-3,6,15H2,1H3/t7-,9?/m1/s1. The van der Waals surface area contributed by atoms with Crippen LogP contribution < -0.4 is 11.1 Å². The predicted molar refractivity (Wildman–Crippen MR) is 70.6 cm³/mol. The number of halogens is 2. The monoisotopic (exact) mass is 302 g/mol. The van der Waals surface area contributed by atoms with E-state index in [0.29, 0.717) is 28.6 Å². The van der Waals surface area contributed by atoms with E-state index in [1.807, 2.05) is 6.92 Å². The van der Waals surface area contributed by atoms with Crippen molar-refractivity contribution in [1.82, 2.24) is 0 Å². The molecule has 1 unspecified atom stereocenters. The summed E-state index contributed by atoms with van der Waals surface area (Å²) in [4.78, 5) is 0. The van der Waals surface area contributed by atoms with E-state index in [1.165, 1.54) is 6.07 Å². The number of nitrogen functional groups attached to an aromatic ring is 1. The van der Waals surface area contributed by atoms with E-state index in [1.54, 1.807) is 6.07 Å². The van der Waals surface area contributed by atoms with Crippen molar-refractivity contribution in [1.29, 1.82) is 0 Å². The smallest absolute Gasteiger partial charge is 0.149 e. The van der Waals surface area contributed by atoms with Crippen molar-refractivity contribution >= 4 is 27.3 Å². The van der Waals surface area contributed by atoms with Gasteiger partial charge in [-0.2, -0.15) is 0 Å². The Morgan fingerprint density at radius 2 is 2.24 bits per heavy atom. The van der Waals surface area contributed by atoms with Gasteiger partial charge in [-0.1, -0.05) is 15.9 Å². The number of anilines is 2. The van der Waals surface area contributed by atoms with Crippen LogP contribution in [0.4, 0.5) is 15.8 Å². The fourth-order valence-electron chi connectivity index (χ4n) is 1.95. The normalized spacial score (nSPS) is 24.6. The molecule has 2 atom stereocenters. The van der Waals surface area contributed by atoms with E-state index in [4.69, 9.17) is 10.5 Å². The fourth-order valence-corrected chi connectivity index (χ4v) is 2.39. The Morgan fingerprint density at radius 1 is 1.47 bits per heavy atom. The molecule has 1 aromatic carbocycles. The second-order valence-corrected chi connectivity index (χ2v) is 5.33. The first kappa shape index (κ1) is 12.6.